The van der Waals surface area contributed by atoms with E-state index < -0.39 is 0 Å². The highest BCUT2D eigenvalue weighted by Gasteiger charge is 2.10. The van der Waals surface area contributed by atoms with E-state index in [0.717, 1.165) is 24.8 Å². The maximum atomic E-state index is 9.54. The third-order valence-corrected chi connectivity index (χ3v) is 3.95. The molecule has 4 nitrogen and oxygen atoms in total. The molecule has 2 atom stereocenters. The van der Waals surface area contributed by atoms with Crippen LogP contribution in [0.15, 0.2) is 42.5 Å². The predicted octanol–water partition coefficient (Wildman–Crippen LogP) is 3.35. The van der Waals surface area contributed by atoms with Crippen LogP contribution >= 0.6 is 0 Å². The molecule has 0 aromatic heterocycles. The summed E-state index contributed by atoms with van der Waals surface area (Å²) < 4.78 is 0. The molecule has 2 unspecified atom stereocenters. The van der Waals surface area contributed by atoms with Crippen LogP contribution in [0, 0.1) is 0 Å². The van der Waals surface area contributed by atoms with Crippen molar-refractivity contribution in [3.05, 3.63) is 53.6 Å². The van der Waals surface area contributed by atoms with E-state index in [2.05, 4.69) is 19.2 Å². The highest BCUT2D eigenvalue weighted by molar-refractivity contribution is 5.40. The minimum Gasteiger partial charge on any atom is -0.508 e. The van der Waals surface area contributed by atoms with Crippen molar-refractivity contribution < 1.29 is 15.3 Å². The number of rotatable bonds is 7. The van der Waals surface area contributed by atoms with Crippen molar-refractivity contribution >= 4 is 0 Å². The van der Waals surface area contributed by atoms with Gasteiger partial charge >= 0.3 is 0 Å². The van der Waals surface area contributed by atoms with Gasteiger partial charge in [-0.25, -0.2) is 0 Å². The number of aromatic hydroxyl groups is 3. The van der Waals surface area contributed by atoms with Crippen molar-refractivity contribution in [1.29, 1.82) is 0 Å². The second-order valence-electron chi connectivity index (χ2n) is 6.20. The van der Waals surface area contributed by atoms with Crippen molar-refractivity contribution in [2.24, 2.45) is 0 Å². The molecular formula is C19H25NO3. The van der Waals surface area contributed by atoms with E-state index in [1.54, 1.807) is 18.2 Å². The summed E-state index contributed by atoms with van der Waals surface area (Å²) in [4.78, 5) is 0. The van der Waals surface area contributed by atoms with Crippen LogP contribution in [0.5, 0.6) is 17.2 Å². The van der Waals surface area contributed by atoms with E-state index in [0.29, 0.717) is 11.8 Å². The van der Waals surface area contributed by atoms with Crippen molar-refractivity contribution in [3.8, 4) is 17.2 Å². The van der Waals surface area contributed by atoms with Gasteiger partial charge in [0.05, 0.1) is 0 Å². The molecule has 0 aliphatic carbocycles. The summed E-state index contributed by atoms with van der Waals surface area (Å²) in [5.41, 5.74) is 2.21. The van der Waals surface area contributed by atoms with E-state index in [1.165, 1.54) is 11.6 Å². The Balaban J connectivity index is 1.78. The number of benzene rings is 2. The lowest BCUT2D eigenvalue weighted by Crippen LogP contribution is -2.36. The Morgan fingerprint density at radius 1 is 0.826 bits per heavy atom. The number of phenolic OH excluding ortho intramolecular Hbond substituents is 3. The number of hydrogen-bond donors (Lipinski definition) is 4. The molecule has 0 heterocycles. The monoisotopic (exact) mass is 315 g/mol. The fourth-order valence-electron chi connectivity index (χ4n) is 2.72. The van der Waals surface area contributed by atoms with Crippen LogP contribution in [0.3, 0.4) is 0 Å². The average Bonchev–Trinajstić information content (AvgIpc) is 2.50. The fraction of sp³-hybridized carbons (Fsp3) is 0.368. The lowest BCUT2D eigenvalue weighted by molar-refractivity contribution is 0.402. The number of aryl methyl sites for hydroxylation is 1. The second-order valence-corrected chi connectivity index (χ2v) is 6.20. The smallest absolute Gasteiger partial charge is 0.157 e. The highest BCUT2D eigenvalue weighted by atomic mass is 16.3. The third kappa shape index (κ3) is 5.49. The average molecular weight is 315 g/mol. The zero-order chi connectivity index (χ0) is 16.8. The molecule has 2 rings (SSSR count). The van der Waals surface area contributed by atoms with Crippen molar-refractivity contribution in [2.45, 2.75) is 45.2 Å². The number of phenols is 3. The minimum atomic E-state index is -0.0865. The first kappa shape index (κ1) is 17.2. The Labute approximate surface area is 137 Å². The van der Waals surface area contributed by atoms with Gasteiger partial charge in [-0.15, -0.1) is 0 Å². The van der Waals surface area contributed by atoms with Gasteiger partial charge in [-0.1, -0.05) is 18.2 Å². The van der Waals surface area contributed by atoms with Gasteiger partial charge < -0.3 is 20.6 Å². The first-order valence-electron chi connectivity index (χ1n) is 7.99. The predicted molar refractivity (Wildman–Crippen MR) is 92.0 cm³/mol. The van der Waals surface area contributed by atoms with Crippen molar-refractivity contribution in [3.63, 3.8) is 0 Å². The summed E-state index contributed by atoms with van der Waals surface area (Å²) in [5.74, 6) is 0.136. The minimum absolute atomic E-state index is 0.0740. The fourth-order valence-corrected chi connectivity index (χ4v) is 2.72. The molecule has 0 aliphatic heterocycles. The van der Waals surface area contributed by atoms with E-state index in [-0.39, 0.29) is 17.5 Å². The quantitative estimate of drug-likeness (QED) is 0.591. The van der Waals surface area contributed by atoms with Gasteiger partial charge in [-0.05, 0) is 68.5 Å². The van der Waals surface area contributed by atoms with Gasteiger partial charge in [0, 0.05) is 12.1 Å². The normalized spacial score (nSPS) is 13.7. The Morgan fingerprint density at radius 3 is 2.13 bits per heavy atom. The zero-order valence-electron chi connectivity index (χ0n) is 13.7. The Bertz CT molecular complexity index is 625. The number of hydrogen-bond acceptors (Lipinski definition) is 4. The summed E-state index contributed by atoms with van der Waals surface area (Å²) in [7, 11) is 0. The summed E-state index contributed by atoms with van der Waals surface area (Å²) in [6, 6.07) is 12.9. The molecule has 0 aliphatic rings. The Kier molecular flexibility index (Phi) is 5.88. The van der Waals surface area contributed by atoms with Gasteiger partial charge in [-0.2, -0.15) is 0 Å². The van der Waals surface area contributed by atoms with Crippen LogP contribution in [-0.2, 0) is 12.8 Å². The van der Waals surface area contributed by atoms with Crippen molar-refractivity contribution in [2.75, 3.05) is 0 Å². The van der Waals surface area contributed by atoms with Crippen LogP contribution in [0.1, 0.15) is 31.4 Å². The highest BCUT2D eigenvalue weighted by Crippen LogP contribution is 2.25. The van der Waals surface area contributed by atoms with Crippen LogP contribution in [-0.4, -0.2) is 27.4 Å². The third-order valence-electron chi connectivity index (χ3n) is 3.95. The van der Waals surface area contributed by atoms with Crippen LogP contribution < -0.4 is 5.32 Å². The van der Waals surface area contributed by atoms with Crippen LogP contribution in [0.2, 0.25) is 0 Å². The molecule has 23 heavy (non-hydrogen) atoms. The second kappa shape index (κ2) is 7.88. The molecule has 0 bridgehead atoms. The molecule has 0 saturated heterocycles. The molecule has 124 valence electrons. The van der Waals surface area contributed by atoms with Crippen LogP contribution in [0.25, 0.3) is 0 Å². The Morgan fingerprint density at radius 2 is 1.48 bits per heavy atom. The molecule has 0 fully saturated rings. The van der Waals surface area contributed by atoms with Gasteiger partial charge in [0.1, 0.15) is 5.75 Å². The molecule has 2 aromatic rings. The summed E-state index contributed by atoms with van der Waals surface area (Å²) >= 11 is 0. The van der Waals surface area contributed by atoms with Crippen LogP contribution in [0.4, 0.5) is 0 Å². The summed E-state index contributed by atoms with van der Waals surface area (Å²) in [6.45, 7) is 4.27. The number of nitrogens with one attached hydrogen (secondary N) is 1. The van der Waals surface area contributed by atoms with Gasteiger partial charge in [-0.3, -0.25) is 0 Å². The van der Waals surface area contributed by atoms with Crippen molar-refractivity contribution in [1.82, 2.24) is 5.32 Å². The topological polar surface area (TPSA) is 72.7 Å². The molecule has 2 aromatic carbocycles. The van der Waals surface area contributed by atoms with Gasteiger partial charge in [0.15, 0.2) is 11.5 Å². The molecule has 0 amide bonds. The Hall–Kier alpha value is -2.20. The maximum absolute atomic E-state index is 9.54. The first-order valence-corrected chi connectivity index (χ1v) is 7.99. The molecule has 4 heteroatoms. The molecule has 0 spiro atoms. The molecule has 4 N–H and O–H groups in total. The largest absolute Gasteiger partial charge is 0.508 e. The lowest BCUT2D eigenvalue weighted by atomic mass is 10.0. The summed E-state index contributed by atoms with van der Waals surface area (Å²) in [6.07, 6.45) is 2.76. The van der Waals surface area contributed by atoms with Gasteiger partial charge in [0.2, 0.25) is 0 Å². The zero-order valence-corrected chi connectivity index (χ0v) is 13.7. The van der Waals surface area contributed by atoms with E-state index in [9.17, 15) is 15.3 Å². The molecule has 0 saturated carbocycles. The molecular weight excluding hydrogens is 290 g/mol. The lowest BCUT2D eigenvalue weighted by Gasteiger charge is -2.20. The van der Waals surface area contributed by atoms with Gasteiger partial charge in [0.25, 0.3) is 0 Å². The standard InChI is InChI=1S/C19H25NO3/c1-13(3-4-15-5-8-17(21)9-6-15)20-14(2)11-16-7-10-18(22)19(23)12-16/h5-10,12-14,20-23H,3-4,11H2,1-2H3. The maximum Gasteiger partial charge on any atom is 0.157 e. The summed E-state index contributed by atoms with van der Waals surface area (Å²) in [5, 5.41) is 31.7. The SMILES string of the molecule is CC(CCc1ccc(O)cc1)NC(C)Cc1ccc(O)c(O)c1. The first-order chi connectivity index (χ1) is 10.9. The van der Waals surface area contributed by atoms with E-state index in [4.69, 9.17) is 0 Å². The van der Waals surface area contributed by atoms with E-state index in [1.807, 2.05) is 18.2 Å². The van der Waals surface area contributed by atoms with E-state index >= 15 is 0 Å². The molecule has 0 radical (unpaired) electrons.